The monoisotopic (exact) mass is 362 g/mol. The number of fused-ring (bicyclic) bond motifs is 1. The van der Waals surface area contributed by atoms with Crippen molar-refractivity contribution in [1.29, 1.82) is 5.26 Å². The minimum atomic E-state index is -0.409. The lowest BCUT2D eigenvalue weighted by Gasteiger charge is -2.14. The zero-order valence-corrected chi connectivity index (χ0v) is 15.0. The fourth-order valence-electron chi connectivity index (χ4n) is 2.78. The number of hydrogen-bond donors (Lipinski definition) is 1. The molecule has 0 fully saturated rings. The van der Waals surface area contributed by atoms with E-state index >= 15 is 0 Å². The number of nitrogens with zero attached hydrogens (tertiary/aromatic N) is 3. The van der Waals surface area contributed by atoms with Crippen molar-refractivity contribution in [2.24, 2.45) is 0 Å². The van der Waals surface area contributed by atoms with Crippen molar-refractivity contribution in [2.45, 2.75) is 20.4 Å². The van der Waals surface area contributed by atoms with Crippen molar-refractivity contribution in [3.63, 3.8) is 0 Å². The number of anilines is 1. The van der Waals surface area contributed by atoms with Crippen molar-refractivity contribution >= 4 is 22.5 Å². The number of ether oxygens (including phenoxy) is 1. The Hall–Kier alpha value is -3.66. The molecule has 1 aromatic heterocycles. The maximum Gasteiger partial charge on any atom is 0.261 e. The minimum absolute atomic E-state index is 0.190. The predicted octanol–water partition coefficient (Wildman–Crippen LogP) is 2.61. The summed E-state index contributed by atoms with van der Waals surface area (Å²) in [6.07, 6.45) is 0. The maximum absolute atomic E-state index is 12.7. The fraction of sp³-hybridized carbons (Fsp3) is 0.200. The number of nitriles is 1. The van der Waals surface area contributed by atoms with E-state index in [-0.39, 0.29) is 12.1 Å². The van der Waals surface area contributed by atoms with Crippen molar-refractivity contribution in [2.75, 3.05) is 11.9 Å². The van der Waals surface area contributed by atoms with E-state index in [1.165, 1.54) is 10.6 Å². The summed E-state index contributed by atoms with van der Waals surface area (Å²) >= 11 is 0. The molecule has 7 heteroatoms. The van der Waals surface area contributed by atoms with Crippen LogP contribution in [0.4, 0.5) is 5.69 Å². The maximum atomic E-state index is 12.7. The number of aryl methyl sites for hydroxylation is 1. The van der Waals surface area contributed by atoms with Gasteiger partial charge in [-0.3, -0.25) is 14.2 Å². The van der Waals surface area contributed by atoms with Crippen molar-refractivity contribution in [3.8, 4) is 11.8 Å². The molecule has 3 rings (SSSR count). The summed E-state index contributed by atoms with van der Waals surface area (Å²) < 4.78 is 6.81. The lowest BCUT2D eigenvalue weighted by Crippen LogP contribution is -2.30. The van der Waals surface area contributed by atoms with Crippen molar-refractivity contribution in [1.82, 2.24) is 9.55 Å². The van der Waals surface area contributed by atoms with Gasteiger partial charge in [0.1, 0.15) is 18.1 Å². The molecule has 1 heterocycles. The van der Waals surface area contributed by atoms with E-state index in [1.54, 1.807) is 37.3 Å². The predicted molar refractivity (Wildman–Crippen MR) is 102 cm³/mol. The van der Waals surface area contributed by atoms with Crippen LogP contribution in [0.2, 0.25) is 0 Å². The Balaban J connectivity index is 1.90. The molecule has 0 aliphatic carbocycles. The Bertz CT molecular complexity index is 1110. The Kier molecular flexibility index (Phi) is 5.18. The topological polar surface area (TPSA) is 97.0 Å². The molecule has 27 heavy (non-hydrogen) atoms. The first-order valence-electron chi connectivity index (χ1n) is 8.46. The van der Waals surface area contributed by atoms with E-state index in [9.17, 15) is 9.59 Å². The molecule has 0 atom stereocenters. The van der Waals surface area contributed by atoms with Gasteiger partial charge in [0.15, 0.2) is 0 Å². The Labute approximate surface area is 155 Å². The second-order valence-electron chi connectivity index (χ2n) is 5.87. The zero-order chi connectivity index (χ0) is 19.4. The molecular weight excluding hydrogens is 344 g/mol. The third kappa shape index (κ3) is 3.80. The van der Waals surface area contributed by atoms with Crippen molar-refractivity contribution < 1.29 is 9.53 Å². The summed E-state index contributed by atoms with van der Waals surface area (Å²) in [6.45, 7) is 3.74. The second kappa shape index (κ2) is 7.70. The van der Waals surface area contributed by atoms with Crippen molar-refractivity contribution in [3.05, 3.63) is 64.2 Å². The fourth-order valence-corrected chi connectivity index (χ4v) is 2.78. The number of rotatable bonds is 5. The van der Waals surface area contributed by atoms with Gasteiger partial charge in [0.25, 0.3) is 5.56 Å². The normalized spacial score (nSPS) is 10.4. The first-order chi connectivity index (χ1) is 13.0. The first kappa shape index (κ1) is 18.1. The first-order valence-corrected chi connectivity index (χ1v) is 8.46. The number of carbonyl (C=O) groups is 1. The number of nitrogens with one attached hydrogen (secondary N) is 1. The van der Waals surface area contributed by atoms with E-state index in [2.05, 4.69) is 10.3 Å². The van der Waals surface area contributed by atoms with Crippen LogP contribution in [-0.2, 0) is 11.3 Å². The van der Waals surface area contributed by atoms with Gasteiger partial charge in [-0.2, -0.15) is 5.26 Å². The van der Waals surface area contributed by atoms with E-state index in [4.69, 9.17) is 10.00 Å². The zero-order valence-electron chi connectivity index (χ0n) is 15.0. The summed E-state index contributed by atoms with van der Waals surface area (Å²) in [6, 6.07) is 13.8. The summed E-state index contributed by atoms with van der Waals surface area (Å²) in [5.41, 5.74) is 1.11. The smallest absolute Gasteiger partial charge is 0.261 e. The van der Waals surface area contributed by atoms with Crippen LogP contribution < -0.4 is 15.6 Å². The largest absolute Gasteiger partial charge is 0.492 e. The molecule has 0 unspecified atom stereocenters. The third-order valence-electron chi connectivity index (χ3n) is 4.04. The lowest BCUT2D eigenvalue weighted by atomic mass is 10.2. The molecule has 0 bridgehead atoms. The molecule has 2 aromatic carbocycles. The van der Waals surface area contributed by atoms with Crippen LogP contribution in [0.3, 0.4) is 0 Å². The Morgan fingerprint density at radius 2 is 2.07 bits per heavy atom. The van der Waals surface area contributed by atoms with E-state index in [1.807, 2.05) is 19.1 Å². The average Bonchev–Trinajstić information content (AvgIpc) is 2.66. The summed E-state index contributed by atoms with van der Waals surface area (Å²) in [5.74, 6) is 0.503. The molecule has 0 saturated carbocycles. The van der Waals surface area contributed by atoms with Crippen LogP contribution in [-0.4, -0.2) is 22.1 Å². The SMILES string of the molecule is CCOc1ccc(C#N)cc1NC(=O)Cn1c(C)nc2ccccc2c1=O. The van der Waals surface area contributed by atoms with E-state index < -0.39 is 5.91 Å². The van der Waals surface area contributed by atoms with Gasteiger partial charge in [-0.15, -0.1) is 0 Å². The van der Waals surface area contributed by atoms with Crippen LogP contribution in [0.1, 0.15) is 18.3 Å². The van der Waals surface area contributed by atoms with Gasteiger partial charge in [-0.05, 0) is 44.2 Å². The highest BCUT2D eigenvalue weighted by Crippen LogP contribution is 2.25. The van der Waals surface area contributed by atoms with Crippen LogP contribution in [0.5, 0.6) is 5.75 Å². The molecule has 1 amide bonds. The molecule has 136 valence electrons. The highest BCUT2D eigenvalue weighted by molar-refractivity contribution is 5.92. The number of amides is 1. The lowest BCUT2D eigenvalue weighted by molar-refractivity contribution is -0.116. The highest BCUT2D eigenvalue weighted by Gasteiger charge is 2.14. The molecule has 3 aromatic rings. The molecule has 0 saturated heterocycles. The second-order valence-corrected chi connectivity index (χ2v) is 5.87. The number of benzene rings is 2. The van der Waals surface area contributed by atoms with Gasteiger partial charge < -0.3 is 10.1 Å². The van der Waals surface area contributed by atoms with Crippen LogP contribution in [0.25, 0.3) is 10.9 Å². The summed E-state index contributed by atoms with van der Waals surface area (Å²) in [4.78, 5) is 29.6. The Morgan fingerprint density at radius 1 is 1.30 bits per heavy atom. The number of carbonyl (C=O) groups excluding carboxylic acids is 1. The number of para-hydroxylation sites is 1. The van der Waals surface area contributed by atoms with Gasteiger partial charge in [-0.25, -0.2) is 4.98 Å². The molecule has 7 nitrogen and oxygen atoms in total. The van der Waals surface area contributed by atoms with Gasteiger partial charge in [0.05, 0.1) is 34.8 Å². The van der Waals surface area contributed by atoms with Gasteiger partial charge in [-0.1, -0.05) is 12.1 Å². The molecule has 0 spiro atoms. The van der Waals surface area contributed by atoms with Gasteiger partial charge in [0, 0.05) is 0 Å². The van der Waals surface area contributed by atoms with Crippen LogP contribution in [0.15, 0.2) is 47.3 Å². The van der Waals surface area contributed by atoms with Gasteiger partial charge >= 0.3 is 0 Å². The summed E-state index contributed by atoms with van der Waals surface area (Å²) in [5, 5.41) is 12.2. The quantitative estimate of drug-likeness (QED) is 0.752. The number of hydrogen-bond acceptors (Lipinski definition) is 5. The van der Waals surface area contributed by atoms with Crippen LogP contribution >= 0.6 is 0 Å². The Morgan fingerprint density at radius 3 is 2.81 bits per heavy atom. The molecular formula is C20H18N4O3. The molecule has 1 N–H and O–H groups in total. The van der Waals surface area contributed by atoms with E-state index in [0.717, 1.165) is 0 Å². The number of aromatic nitrogens is 2. The molecule has 0 aliphatic heterocycles. The highest BCUT2D eigenvalue weighted by atomic mass is 16.5. The third-order valence-corrected chi connectivity index (χ3v) is 4.04. The van der Waals surface area contributed by atoms with Crippen LogP contribution in [0, 0.1) is 18.3 Å². The summed E-state index contributed by atoms with van der Waals surface area (Å²) in [7, 11) is 0. The molecule has 0 radical (unpaired) electrons. The average molecular weight is 362 g/mol. The van der Waals surface area contributed by atoms with E-state index in [0.29, 0.717) is 40.3 Å². The minimum Gasteiger partial charge on any atom is -0.492 e. The standard InChI is InChI=1S/C20H18N4O3/c1-3-27-18-9-8-14(11-21)10-17(18)23-19(25)12-24-13(2)22-16-7-5-4-6-15(16)20(24)26/h4-10H,3,12H2,1-2H3,(H,23,25). The molecule has 0 aliphatic rings. The van der Waals surface area contributed by atoms with Gasteiger partial charge in [0.2, 0.25) is 5.91 Å².